The first-order valence-corrected chi connectivity index (χ1v) is 14.5. The van der Waals surface area contributed by atoms with Crippen molar-refractivity contribution in [1.29, 1.82) is 0 Å². The molecule has 1 amide bonds. The van der Waals surface area contributed by atoms with E-state index in [0.717, 1.165) is 24.5 Å². The van der Waals surface area contributed by atoms with Crippen LogP contribution in [0.1, 0.15) is 35.5 Å². The van der Waals surface area contributed by atoms with Gasteiger partial charge >= 0.3 is 0 Å². The largest absolute Gasteiger partial charge is 0.497 e. The first kappa shape index (κ1) is 30.7. The topological polar surface area (TPSA) is 89.0 Å². The minimum absolute atomic E-state index is 0.0847. The van der Waals surface area contributed by atoms with E-state index >= 15 is 0 Å². The Balaban J connectivity index is 0.00000188. The van der Waals surface area contributed by atoms with E-state index < -0.39 is 11.6 Å². The number of hydrogen-bond donors (Lipinski definition) is 1. The Morgan fingerprint density at radius 3 is 2.36 bits per heavy atom. The highest BCUT2D eigenvalue weighted by Crippen LogP contribution is 2.37. The second-order valence-electron chi connectivity index (χ2n) is 9.94. The standard InChI is InChI=1S/C31H29F2N5O4.C2H6/c1-40-21-8-6-19(27(14-21)41-2)17-38-18-26-30(31(38)39)25(15-24(36-26)29-22(32)4-3-5-23(29)33)35-20-7-9-28(34-16-20)37-10-12-42-13-11-37;1-2/h3-9,14-16H,10-13,17-18H2,1-2H3,(H,35,36);1-2H3. The Morgan fingerprint density at radius 1 is 0.955 bits per heavy atom. The maximum Gasteiger partial charge on any atom is 0.258 e. The number of rotatable bonds is 8. The van der Waals surface area contributed by atoms with E-state index in [1.54, 1.807) is 37.4 Å². The van der Waals surface area contributed by atoms with Crippen molar-refractivity contribution in [2.75, 3.05) is 50.7 Å². The highest BCUT2D eigenvalue weighted by atomic mass is 19.1. The van der Waals surface area contributed by atoms with Crippen molar-refractivity contribution in [3.8, 4) is 22.8 Å². The number of morpholine rings is 1. The van der Waals surface area contributed by atoms with E-state index in [-0.39, 0.29) is 30.3 Å². The number of anilines is 3. The molecule has 4 aromatic rings. The van der Waals surface area contributed by atoms with E-state index in [2.05, 4.69) is 20.2 Å². The van der Waals surface area contributed by atoms with Gasteiger partial charge in [0.15, 0.2) is 0 Å². The van der Waals surface area contributed by atoms with Crippen molar-refractivity contribution in [2.45, 2.75) is 26.9 Å². The maximum absolute atomic E-state index is 14.8. The monoisotopic (exact) mass is 603 g/mol. The van der Waals surface area contributed by atoms with Gasteiger partial charge in [0.05, 0.1) is 80.6 Å². The molecule has 0 unspecified atom stereocenters. The average Bonchev–Trinajstić information content (AvgIpc) is 3.37. The third kappa shape index (κ3) is 6.28. The molecular weight excluding hydrogens is 568 g/mol. The number of carbonyl (C=O) groups excluding carboxylic acids is 1. The van der Waals surface area contributed by atoms with Crippen molar-refractivity contribution in [3.63, 3.8) is 0 Å². The number of nitrogens with zero attached hydrogens (tertiary/aromatic N) is 4. The lowest BCUT2D eigenvalue weighted by atomic mass is 10.1. The molecular formula is C33H35F2N5O4. The summed E-state index contributed by atoms with van der Waals surface area (Å²) in [5, 5.41) is 3.26. The third-order valence-corrected chi connectivity index (χ3v) is 7.37. The van der Waals surface area contributed by atoms with Crippen LogP contribution in [0.2, 0.25) is 0 Å². The lowest BCUT2D eigenvalue weighted by molar-refractivity contribution is 0.0766. The summed E-state index contributed by atoms with van der Waals surface area (Å²) < 4.78 is 45.9. The Bertz CT molecular complexity index is 1610. The summed E-state index contributed by atoms with van der Waals surface area (Å²) >= 11 is 0. The van der Waals surface area contributed by atoms with Crippen molar-refractivity contribution < 1.29 is 27.8 Å². The lowest BCUT2D eigenvalue weighted by Crippen LogP contribution is -2.36. The molecule has 0 saturated carbocycles. The Labute approximate surface area is 255 Å². The summed E-state index contributed by atoms with van der Waals surface area (Å²) in [6.07, 6.45) is 1.67. The predicted octanol–water partition coefficient (Wildman–Crippen LogP) is 6.20. The van der Waals surface area contributed by atoms with Crippen molar-refractivity contribution in [1.82, 2.24) is 14.9 Å². The van der Waals surface area contributed by atoms with E-state index in [4.69, 9.17) is 14.2 Å². The average molecular weight is 604 g/mol. The van der Waals surface area contributed by atoms with Gasteiger partial charge in [-0.3, -0.25) is 4.79 Å². The number of carbonyl (C=O) groups is 1. The summed E-state index contributed by atoms with van der Waals surface area (Å²) in [6, 6.07) is 14.3. The molecule has 9 nitrogen and oxygen atoms in total. The van der Waals surface area contributed by atoms with Gasteiger partial charge in [-0.2, -0.15) is 0 Å². The van der Waals surface area contributed by atoms with Crippen LogP contribution in [0.3, 0.4) is 0 Å². The molecule has 1 N–H and O–H groups in total. The van der Waals surface area contributed by atoms with Crippen LogP contribution in [0, 0.1) is 11.6 Å². The number of methoxy groups -OCH3 is 2. The number of hydrogen-bond acceptors (Lipinski definition) is 8. The second kappa shape index (κ2) is 13.7. The molecule has 0 radical (unpaired) electrons. The SMILES string of the molecule is CC.COc1ccc(CN2Cc3nc(-c4c(F)cccc4F)cc(Nc4ccc(N5CCOCC5)nc4)c3C2=O)c(OC)c1. The molecule has 1 fully saturated rings. The van der Waals surface area contributed by atoms with Gasteiger partial charge in [0.1, 0.15) is 29.0 Å². The Morgan fingerprint density at radius 2 is 1.70 bits per heavy atom. The van der Waals surface area contributed by atoms with Gasteiger partial charge in [-0.05, 0) is 42.5 Å². The zero-order chi connectivity index (χ0) is 31.2. The summed E-state index contributed by atoms with van der Waals surface area (Å²) in [4.78, 5) is 26.7. The van der Waals surface area contributed by atoms with Gasteiger partial charge in [0.25, 0.3) is 5.91 Å². The molecule has 6 rings (SSSR count). The van der Waals surface area contributed by atoms with E-state index in [1.807, 2.05) is 32.0 Å². The fourth-order valence-electron chi connectivity index (χ4n) is 5.24. The fourth-order valence-corrected chi connectivity index (χ4v) is 5.24. The van der Waals surface area contributed by atoms with Crippen molar-refractivity contribution in [2.24, 2.45) is 0 Å². The molecule has 11 heteroatoms. The van der Waals surface area contributed by atoms with Gasteiger partial charge in [-0.1, -0.05) is 19.9 Å². The molecule has 4 heterocycles. The number of aromatic nitrogens is 2. The molecule has 2 aliphatic heterocycles. The highest BCUT2D eigenvalue weighted by molar-refractivity contribution is 6.04. The van der Waals surface area contributed by atoms with Crippen molar-refractivity contribution in [3.05, 3.63) is 89.2 Å². The van der Waals surface area contributed by atoms with Crippen LogP contribution in [0.25, 0.3) is 11.3 Å². The molecule has 0 aliphatic carbocycles. The molecule has 230 valence electrons. The zero-order valence-corrected chi connectivity index (χ0v) is 25.2. The van der Waals surface area contributed by atoms with Crippen LogP contribution in [0.4, 0.5) is 26.0 Å². The van der Waals surface area contributed by atoms with Gasteiger partial charge in [0, 0.05) is 24.7 Å². The van der Waals surface area contributed by atoms with Crippen LogP contribution in [-0.4, -0.2) is 61.3 Å². The maximum atomic E-state index is 14.8. The third-order valence-electron chi connectivity index (χ3n) is 7.37. The Hall–Kier alpha value is -4.77. The van der Waals surface area contributed by atoms with Gasteiger partial charge < -0.3 is 29.3 Å². The zero-order valence-electron chi connectivity index (χ0n) is 25.2. The highest BCUT2D eigenvalue weighted by Gasteiger charge is 2.33. The summed E-state index contributed by atoms with van der Waals surface area (Å²) in [7, 11) is 3.12. The van der Waals surface area contributed by atoms with Gasteiger partial charge in [0.2, 0.25) is 0 Å². The van der Waals surface area contributed by atoms with Crippen LogP contribution < -0.4 is 19.7 Å². The molecule has 0 spiro atoms. The Kier molecular flexibility index (Phi) is 9.54. The number of fused-ring (bicyclic) bond motifs is 1. The van der Waals surface area contributed by atoms with Crippen LogP contribution >= 0.6 is 0 Å². The number of benzene rings is 2. The number of nitrogens with one attached hydrogen (secondary N) is 1. The summed E-state index contributed by atoms with van der Waals surface area (Å²) in [5.41, 5.74) is 2.34. The molecule has 1 saturated heterocycles. The molecule has 44 heavy (non-hydrogen) atoms. The van der Waals surface area contributed by atoms with Crippen LogP contribution in [0.15, 0.2) is 60.8 Å². The minimum atomic E-state index is -0.742. The number of ether oxygens (including phenoxy) is 3. The molecule has 0 atom stereocenters. The molecule has 2 aromatic heterocycles. The summed E-state index contributed by atoms with van der Waals surface area (Å²) in [5.74, 6) is 0.266. The first-order chi connectivity index (χ1) is 21.4. The number of pyridine rings is 2. The van der Waals surface area contributed by atoms with Crippen LogP contribution in [-0.2, 0) is 17.8 Å². The molecule has 2 aromatic carbocycles. The van der Waals surface area contributed by atoms with E-state index in [9.17, 15) is 13.6 Å². The lowest BCUT2D eigenvalue weighted by Gasteiger charge is -2.27. The van der Waals surface area contributed by atoms with Crippen molar-refractivity contribution >= 4 is 23.1 Å². The fraction of sp³-hybridized carbons (Fsp3) is 0.303. The summed E-state index contributed by atoms with van der Waals surface area (Å²) in [6.45, 7) is 7.16. The molecule has 0 bridgehead atoms. The number of halogens is 2. The first-order valence-electron chi connectivity index (χ1n) is 14.5. The number of amides is 1. The normalized spacial score (nSPS) is 14.1. The van der Waals surface area contributed by atoms with Crippen LogP contribution in [0.5, 0.6) is 11.5 Å². The quantitative estimate of drug-likeness (QED) is 0.255. The van der Waals surface area contributed by atoms with Gasteiger partial charge in [-0.15, -0.1) is 0 Å². The van der Waals surface area contributed by atoms with E-state index in [0.29, 0.717) is 47.3 Å². The second-order valence-corrected chi connectivity index (χ2v) is 9.94. The predicted molar refractivity (Wildman–Crippen MR) is 165 cm³/mol. The smallest absolute Gasteiger partial charge is 0.258 e. The molecule has 2 aliphatic rings. The minimum Gasteiger partial charge on any atom is -0.497 e. The van der Waals surface area contributed by atoms with E-state index in [1.165, 1.54) is 24.3 Å². The van der Waals surface area contributed by atoms with Gasteiger partial charge in [-0.25, -0.2) is 18.7 Å².